The lowest BCUT2D eigenvalue weighted by Gasteiger charge is -2.10. The topological polar surface area (TPSA) is 95.3 Å². The lowest BCUT2D eigenvalue weighted by atomic mass is 10.1. The van der Waals surface area contributed by atoms with Crippen molar-refractivity contribution < 1.29 is 4.79 Å². The van der Waals surface area contributed by atoms with Crippen LogP contribution in [0.4, 0.5) is 0 Å². The molecule has 3 aromatic heterocycles. The molecule has 0 bridgehead atoms. The molecule has 0 fully saturated rings. The Balaban J connectivity index is 1.80. The largest absolute Gasteiger partial charge is 0.365 e. The normalized spacial score (nSPS) is 11.9. The first kappa shape index (κ1) is 22.3. The number of primary amides is 1. The van der Waals surface area contributed by atoms with E-state index in [4.69, 9.17) is 22.4 Å². The molecule has 170 valence electrons. The van der Waals surface area contributed by atoms with E-state index in [0.29, 0.717) is 36.3 Å². The Morgan fingerprint density at radius 3 is 2.47 bits per heavy atom. The minimum absolute atomic E-state index is 0.331. The highest BCUT2D eigenvalue weighted by Crippen LogP contribution is 2.27. The molecule has 2 aromatic carbocycles. The average Bonchev–Trinajstić information content (AvgIpc) is 3.39. The SMILES string of the molecule is Cc1c(C(N)=O)sc2nc(C)n(/N=c3\scc(-c4ccc(Cl)cc4)n3-c3ccccc3)c(=O)c12. The predicted molar refractivity (Wildman–Crippen MR) is 137 cm³/mol. The van der Waals surface area contributed by atoms with Gasteiger partial charge in [-0.05, 0) is 49.2 Å². The average molecular weight is 508 g/mol. The second kappa shape index (κ2) is 8.68. The summed E-state index contributed by atoms with van der Waals surface area (Å²) in [5.74, 6) is -0.162. The molecule has 2 N–H and O–H groups in total. The quantitative estimate of drug-likeness (QED) is 0.381. The van der Waals surface area contributed by atoms with Crippen LogP contribution in [0.1, 0.15) is 21.1 Å². The molecular formula is C24H18ClN5O2S2. The van der Waals surface area contributed by atoms with E-state index in [1.54, 1.807) is 13.8 Å². The molecule has 0 atom stereocenters. The Morgan fingerprint density at radius 2 is 1.79 bits per heavy atom. The smallest absolute Gasteiger partial charge is 0.283 e. The lowest BCUT2D eigenvalue weighted by Crippen LogP contribution is -2.25. The van der Waals surface area contributed by atoms with Crippen LogP contribution in [-0.2, 0) is 0 Å². The summed E-state index contributed by atoms with van der Waals surface area (Å²) in [4.78, 5) is 31.2. The predicted octanol–water partition coefficient (Wildman–Crippen LogP) is 4.71. The van der Waals surface area contributed by atoms with Crippen molar-refractivity contribution in [2.24, 2.45) is 10.8 Å². The van der Waals surface area contributed by atoms with Crippen LogP contribution in [0.15, 0.2) is 69.9 Å². The molecule has 10 heteroatoms. The summed E-state index contributed by atoms with van der Waals surface area (Å²) in [6, 6.07) is 17.3. The first-order valence-corrected chi connectivity index (χ1v) is 12.3. The maximum atomic E-state index is 13.4. The molecule has 0 unspecified atom stereocenters. The molecule has 1 amide bonds. The molecule has 0 saturated heterocycles. The van der Waals surface area contributed by atoms with Crippen LogP contribution in [0.2, 0.25) is 5.02 Å². The molecule has 0 radical (unpaired) electrons. The van der Waals surface area contributed by atoms with Gasteiger partial charge < -0.3 is 5.73 Å². The molecule has 0 aliphatic carbocycles. The monoisotopic (exact) mass is 507 g/mol. The maximum absolute atomic E-state index is 13.4. The van der Waals surface area contributed by atoms with E-state index in [0.717, 1.165) is 28.3 Å². The molecule has 0 aliphatic rings. The Morgan fingerprint density at radius 1 is 1.09 bits per heavy atom. The summed E-state index contributed by atoms with van der Waals surface area (Å²) in [5, 5.41) is 7.71. The van der Waals surface area contributed by atoms with Gasteiger partial charge in [-0.1, -0.05) is 41.9 Å². The third-order valence-electron chi connectivity index (χ3n) is 5.38. The second-order valence-electron chi connectivity index (χ2n) is 7.56. The van der Waals surface area contributed by atoms with E-state index in [2.05, 4.69) is 4.98 Å². The van der Waals surface area contributed by atoms with Crippen LogP contribution in [0.25, 0.3) is 27.2 Å². The van der Waals surface area contributed by atoms with Gasteiger partial charge in [0.15, 0.2) is 0 Å². The third kappa shape index (κ3) is 3.77. The molecule has 0 saturated carbocycles. The highest BCUT2D eigenvalue weighted by atomic mass is 35.5. The fraction of sp³-hybridized carbons (Fsp3) is 0.0833. The number of nitrogens with zero attached hydrogens (tertiary/aromatic N) is 4. The number of halogens is 1. The van der Waals surface area contributed by atoms with Crippen molar-refractivity contribution in [2.45, 2.75) is 13.8 Å². The number of aryl methyl sites for hydroxylation is 2. The van der Waals surface area contributed by atoms with Gasteiger partial charge in [0.2, 0.25) is 4.80 Å². The molecule has 5 rings (SSSR count). The lowest BCUT2D eigenvalue weighted by molar-refractivity contribution is 0.100. The minimum atomic E-state index is -0.575. The van der Waals surface area contributed by atoms with E-state index in [-0.39, 0.29) is 5.56 Å². The number of benzene rings is 2. The maximum Gasteiger partial charge on any atom is 0.283 e. The van der Waals surface area contributed by atoms with Gasteiger partial charge in [-0.2, -0.15) is 4.68 Å². The van der Waals surface area contributed by atoms with Crippen LogP contribution in [0.5, 0.6) is 0 Å². The Kier molecular flexibility index (Phi) is 5.68. The summed E-state index contributed by atoms with van der Waals surface area (Å²) < 4.78 is 3.27. The second-order valence-corrected chi connectivity index (χ2v) is 9.83. The molecule has 0 spiro atoms. The van der Waals surface area contributed by atoms with Crippen molar-refractivity contribution in [2.75, 3.05) is 0 Å². The molecule has 3 heterocycles. The number of hydrogen-bond donors (Lipinski definition) is 1. The first-order chi connectivity index (χ1) is 16.3. The van der Waals surface area contributed by atoms with E-state index in [1.165, 1.54) is 16.0 Å². The van der Waals surface area contributed by atoms with Crippen molar-refractivity contribution in [1.29, 1.82) is 0 Å². The number of thiophene rings is 1. The van der Waals surface area contributed by atoms with E-state index in [9.17, 15) is 9.59 Å². The zero-order valence-electron chi connectivity index (χ0n) is 18.2. The third-order valence-corrected chi connectivity index (χ3v) is 7.64. The highest BCUT2D eigenvalue weighted by molar-refractivity contribution is 7.20. The van der Waals surface area contributed by atoms with Gasteiger partial charge in [0.25, 0.3) is 11.5 Å². The van der Waals surface area contributed by atoms with E-state index < -0.39 is 5.91 Å². The van der Waals surface area contributed by atoms with Gasteiger partial charge in [-0.3, -0.25) is 14.2 Å². The van der Waals surface area contributed by atoms with Crippen molar-refractivity contribution in [3.8, 4) is 16.9 Å². The van der Waals surface area contributed by atoms with Gasteiger partial charge in [0, 0.05) is 16.1 Å². The van der Waals surface area contributed by atoms with E-state index >= 15 is 0 Å². The van der Waals surface area contributed by atoms with Gasteiger partial charge in [0.1, 0.15) is 10.7 Å². The van der Waals surface area contributed by atoms with E-state index in [1.807, 2.05) is 64.5 Å². The molecule has 34 heavy (non-hydrogen) atoms. The first-order valence-electron chi connectivity index (χ1n) is 10.2. The fourth-order valence-electron chi connectivity index (χ4n) is 3.74. The van der Waals surface area contributed by atoms with Gasteiger partial charge in [-0.25, -0.2) is 4.98 Å². The number of nitrogens with two attached hydrogens (primary N) is 1. The summed E-state index contributed by atoms with van der Waals surface area (Å²) >= 11 is 8.62. The number of amides is 1. The number of fused-ring (bicyclic) bond motifs is 1. The molecular weight excluding hydrogens is 490 g/mol. The molecule has 0 aliphatic heterocycles. The van der Waals surface area contributed by atoms with Crippen LogP contribution < -0.4 is 16.1 Å². The fourth-order valence-corrected chi connectivity index (χ4v) is 5.84. The highest BCUT2D eigenvalue weighted by Gasteiger charge is 2.19. The Hall–Kier alpha value is -3.53. The van der Waals surface area contributed by atoms with Crippen molar-refractivity contribution in [3.63, 3.8) is 0 Å². The van der Waals surface area contributed by atoms with Crippen LogP contribution in [0, 0.1) is 13.8 Å². The van der Waals surface area contributed by atoms with Gasteiger partial charge in [-0.15, -0.1) is 27.8 Å². The van der Waals surface area contributed by atoms with Crippen LogP contribution >= 0.6 is 34.3 Å². The van der Waals surface area contributed by atoms with Crippen molar-refractivity contribution >= 4 is 50.4 Å². The Bertz CT molecular complexity index is 1680. The number of para-hydroxylation sites is 1. The van der Waals surface area contributed by atoms with Gasteiger partial charge in [0.05, 0.1) is 16.0 Å². The number of hydrogen-bond acceptors (Lipinski definition) is 6. The summed E-state index contributed by atoms with van der Waals surface area (Å²) in [6.45, 7) is 3.42. The number of carbonyl (C=O) groups is 1. The minimum Gasteiger partial charge on any atom is -0.365 e. The molecule has 5 aromatic rings. The number of rotatable bonds is 4. The standard InChI is InChI=1S/C24H18ClN5O2S2/c1-13-19-22(34-20(13)21(26)31)27-14(2)30(23(19)32)28-24-29(17-6-4-3-5-7-17)18(12-33-24)15-8-10-16(25)11-9-15/h3-12H,1-2H3,(H2,26,31)/b28-24-. The van der Waals surface area contributed by atoms with Crippen molar-refractivity contribution in [3.05, 3.63) is 96.4 Å². The summed E-state index contributed by atoms with van der Waals surface area (Å²) in [5.41, 5.74) is 8.44. The summed E-state index contributed by atoms with van der Waals surface area (Å²) in [6.07, 6.45) is 0. The van der Waals surface area contributed by atoms with Gasteiger partial charge >= 0.3 is 0 Å². The number of thiazole rings is 1. The number of carbonyl (C=O) groups excluding carboxylic acids is 1. The van der Waals surface area contributed by atoms with Crippen LogP contribution in [0.3, 0.4) is 0 Å². The Labute approximate surface area is 207 Å². The van der Waals surface area contributed by atoms with Crippen LogP contribution in [-0.4, -0.2) is 20.1 Å². The zero-order chi connectivity index (χ0) is 24.0. The number of aromatic nitrogens is 3. The summed E-state index contributed by atoms with van der Waals surface area (Å²) in [7, 11) is 0. The van der Waals surface area contributed by atoms with Crippen molar-refractivity contribution in [1.82, 2.24) is 14.2 Å². The molecule has 7 nitrogen and oxygen atoms in total. The zero-order valence-corrected chi connectivity index (χ0v) is 20.5.